The van der Waals surface area contributed by atoms with Gasteiger partial charge in [0.1, 0.15) is 23.0 Å². The Morgan fingerprint density at radius 3 is 2.75 bits per heavy atom. The topological polar surface area (TPSA) is 107 Å². The second kappa shape index (κ2) is 5.41. The third kappa shape index (κ3) is 3.41. The maximum Gasteiger partial charge on any atom is 0.238 e. The number of nitrogens with two attached hydrogens (primary N) is 1. The number of nitrogens with one attached hydrogen (secondary N) is 1. The largest absolute Gasteiger partial charge is 0.495 e. The number of hydrogen-bond acceptors (Lipinski definition) is 6. The maximum atomic E-state index is 12.0. The predicted octanol–water partition coefficient (Wildman–Crippen LogP) is 1.52. The Bertz CT molecular complexity index is 709. The highest BCUT2D eigenvalue weighted by atomic mass is 32.2. The molecule has 7 nitrogen and oxygen atoms in total. The van der Waals surface area contributed by atoms with Crippen molar-refractivity contribution < 1.29 is 17.7 Å². The van der Waals surface area contributed by atoms with Gasteiger partial charge in [-0.3, -0.25) is 4.72 Å². The Balaban J connectivity index is 2.15. The molecule has 0 unspecified atom stereocenters. The van der Waals surface area contributed by atoms with Gasteiger partial charge in [0, 0.05) is 12.1 Å². The van der Waals surface area contributed by atoms with Crippen LogP contribution in [0.25, 0.3) is 0 Å². The Hall–Kier alpha value is -2.22. The summed E-state index contributed by atoms with van der Waals surface area (Å²) < 4.78 is 36.3. The number of nitrogen functional groups attached to an aromatic ring is 1. The van der Waals surface area contributed by atoms with Gasteiger partial charge in [-0.05, 0) is 19.1 Å². The number of hydrogen-bond donors (Lipinski definition) is 2. The zero-order valence-corrected chi connectivity index (χ0v) is 11.9. The molecular formula is C12H15N3O4S. The quantitative estimate of drug-likeness (QED) is 0.810. The van der Waals surface area contributed by atoms with E-state index in [0.29, 0.717) is 28.6 Å². The average Bonchev–Trinajstić information content (AvgIpc) is 2.76. The van der Waals surface area contributed by atoms with Crippen LogP contribution in [0.2, 0.25) is 0 Å². The number of anilines is 2. The molecule has 2 aromatic rings. The van der Waals surface area contributed by atoms with E-state index in [1.54, 1.807) is 25.1 Å². The van der Waals surface area contributed by atoms with Gasteiger partial charge in [0.05, 0.1) is 18.5 Å². The van der Waals surface area contributed by atoms with Crippen LogP contribution in [0.4, 0.5) is 11.4 Å². The van der Waals surface area contributed by atoms with E-state index in [2.05, 4.69) is 9.88 Å². The van der Waals surface area contributed by atoms with Crippen molar-refractivity contribution in [2.45, 2.75) is 12.7 Å². The molecule has 0 radical (unpaired) electrons. The van der Waals surface area contributed by atoms with Crippen molar-refractivity contribution in [3.63, 3.8) is 0 Å². The molecule has 1 heterocycles. The number of rotatable bonds is 5. The first kappa shape index (κ1) is 14.2. The van der Waals surface area contributed by atoms with Crippen molar-refractivity contribution in [3.05, 3.63) is 35.7 Å². The Kier molecular flexibility index (Phi) is 3.84. The van der Waals surface area contributed by atoms with Gasteiger partial charge in [-0.15, -0.1) is 0 Å². The highest BCUT2D eigenvalue weighted by Gasteiger charge is 2.15. The third-order valence-corrected chi connectivity index (χ3v) is 3.74. The molecule has 0 atom stereocenters. The first-order valence-corrected chi connectivity index (χ1v) is 7.41. The Morgan fingerprint density at radius 1 is 1.40 bits per heavy atom. The van der Waals surface area contributed by atoms with Gasteiger partial charge >= 0.3 is 0 Å². The van der Waals surface area contributed by atoms with Crippen molar-refractivity contribution in [1.82, 2.24) is 5.16 Å². The zero-order chi connectivity index (χ0) is 14.8. The second-order valence-electron chi connectivity index (χ2n) is 4.25. The standard InChI is InChI=1S/C12H15N3O4S/c1-8-5-10(14-19-8)7-20(16,17)15-9-3-4-11(13)12(6-9)18-2/h3-6,15H,7,13H2,1-2H3. The minimum Gasteiger partial charge on any atom is -0.495 e. The van der Waals surface area contributed by atoms with Crippen molar-refractivity contribution in [1.29, 1.82) is 0 Å². The van der Waals surface area contributed by atoms with Gasteiger partial charge in [-0.25, -0.2) is 8.42 Å². The van der Waals surface area contributed by atoms with Crippen LogP contribution >= 0.6 is 0 Å². The SMILES string of the molecule is COc1cc(NS(=O)(=O)Cc2cc(C)on2)ccc1N. The average molecular weight is 297 g/mol. The van der Waals surface area contributed by atoms with Crippen molar-refractivity contribution >= 4 is 21.4 Å². The molecule has 1 aromatic heterocycles. The van der Waals surface area contributed by atoms with Crippen LogP contribution in [0, 0.1) is 6.92 Å². The molecule has 0 bridgehead atoms. The summed E-state index contributed by atoms with van der Waals surface area (Å²) in [5.41, 5.74) is 6.81. The smallest absolute Gasteiger partial charge is 0.238 e. The lowest BCUT2D eigenvalue weighted by Gasteiger charge is -2.09. The highest BCUT2D eigenvalue weighted by Crippen LogP contribution is 2.25. The maximum absolute atomic E-state index is 12.0. The molecule has 20 heavy (non-hydrogen) atoms. The summed E-state index contributed by atoms with van der Waals surface area (Å²) in [7, 11) is -2.12. The van der Waals surface area contributed by atoms with Gasteiger partial charge in [-0.1, -0.05) is 5.16 Å². The lowest BCUT2D eigenvalue weighted by Crippen LogP contribution is -2.15. The molecule has 0 amide bonds. The molecule has 0 saturated heterocycles. The number of aromatic nitrogens is 1. The molecule has 0 saturated carbocycles. The lowest BCUT2D eigenvalue weighted by molar-refractivity contribution is 0.392. The first-order chi connectivity index (χ1) is 9.39. The lowest BCUT2D eigenvalue weighted by atomic mass is 10.3. The second-order valence-corrected chi connectivity index (χ2v) is 5.97. The Labute approximate surface area is 116 Å². The summed E-state index contributed by atoms with van der Waals surface area (Å²) in [5, 5.41) is 3.65. The summed E-state index contributed by atoms with van der Waals surface area (Å²) in [6.07, 6.45) is 0. The molecular weight excluding hydrogens is 282 g/mol. The van der Waals surface area contributed by atoms with E-state index < -0.39 is 10.0 Å². The predicted molar refractivity (Wildman–Crippen MR) is 74.9 cm³/mol. The normalized spacial score (nSPS) is 11.3. The van der Waals surface area contributed by atoms with Crippen LogP contribution in [0.5, 0.6) is 5.75 Å². The molecule has 8 heteroatoms. The molecule has 0 aliphatic rings. The van der Waals surface area contributed by atoms with Crippen LogP contribution in [0.1, 0.15) is 11.5 Å². The fourth-order valence-corrected chi connectivity index (χ4v) is 2.75. The van der Waals surface area contributed by atoms with E-state index in [1.165, 1.54) is 13.2 Å². The summed E-state index contributed by atoms with van der Waals surface area (Å²) in [6, 6.07) is 6.21. The molecule has 0 fully saturated rings. The molecule has 1 aromatic carbocycles. The fraction of sp³-hybridized carbons (Fsp3) is 0.250. The summed E-state index contributed by atoms with van der Waals surface area (Å²) in [4.78, 5) is 0. The van der Waals surface area contributed by atoms with E-state index in [9.17, 15) is 8.42 Å². The van der Waals surface area contributed by atoms with Gasteiger partial charge in [0.25, 0.3) is 0 Å². The molecule has 0 aliphatic carbocycles. The monoisotopic (exact) mass is 297 g/mol. The number of nitrogens with zero attached hydrogens (tertiary/aromatic N) is 1. The summed E-state index contributed by atoms with van der Waals surface area (Å²) >= 11 is 0. The number of sulfonamides is 1. The van der Waals surface area contributed by atoms with Crippen molar-refractivity contribution in [3.8, 4) is 5.75 Å². The van der Waals surface area contributed by atoms with Crippen LogP contribution in [-0.2, 0) is 15.8 Å². The van der Waals surface area contributed by atoms with Gasteiger partial charge in [0.15, 0.2) is 0 Å². The molecule has 2 rings (SSSR count). The minimum atomic E-state index is -3.58. The zero-order valence-electron chi connectivity index (χ0n) is 11.1. The van der Waals surface area contributed by atoms with E-state index in [1.807, 2.05) is 0 Å². The summed E-state index contributed by atoms with van der Waals surface area (Å²) in [6.45, 7) is 1.70. The molecule has 108 valence electrons. The molecule has 3 N–H and O–H groups in total. The van der Waals surface area contributed by atoms with E-state index in [4.69, 9.17) is 15.0 Å². The van der Waals surface area contributed by atoms with E-state index in [-0.39, 0.29) is 5.75 Å². The minimum absolute atomic E-state index is 0.267. The molecule has 0 aliphatic heterocycles. The van der Waals surface area contributed by atoms with Crippen molar-refractivity contribution in [2.75, 3.05) is 17.6 Å². The summed E-state index contributed by atoms with van der Waals surface area (Å²) in [5.74, 6) is 0.698. The third-order valence-electron chi connectivity index (χ3n) is 2.52. The van der Waals surface area contributed by atoms with Crippen LogP contribution < -0.4 is 15.2 Å². The van der Waals surface area contributed by atoms with Crippen LogP contribution in [0.15, 0.2) is 28.8 Å². The number of ether oxygens (including phenoxy) is 1. The highest BCUT2D eigenvalue weighted by molar-refractivity contribution is 7.91. The molecule has 0 spiro atoms. The Morgan fingerprint density at radius 2 is 2.15 bits per heavy atom. The number of methoxy groups -OCH3 is 1. The number of benzene rings is 1. The van der Waals surface area contributed by atoms with Crippen LogP contribution in [-0.4, -0.2) is 20.7 Å². The fourth-order valence-electron chi connectivity index (χ4n) is 1.67. The van der Waals surface area contributed by atoms with Gasteiger partial charge in [0.2, 0.25) is 10.0 Å². The first-order valence-electron chi connectivity index (χ1n) is 5.76. The van der Waals surface area contributed by atoms with Gasteiger partial charge < -0.3 is 15.0 Å². The van der Waals surface area contributed by atoms with E-state index in [0.717, 1.165) is 0 Å². The van der Waals surface area contributed by atoms with E-state index >= 15 is 0 Å². The van der Waals surface area contributed by atoms with Crippen molar-refractivity contribution in [2.24, 2.45) is 0 Å². The van der Waals surface area contributed by atoms with Crippen LogP contribution in [0.3, 0.4) is 0 Å². The number of aryl methyl sites for hydroxylation is 1. The van der Waals surface area contributed by atoms with Gasteiger partial charge in [-0.2, -0.15) is 0 Å².